The number of hydrogen-bond donors (Lipinski definition) is 4. The van der Waals surface area contributed by atoms with E-state index in [0.717, 1.165) is 38.3 Å². The topological polar surface area (TPSA) is 294 Å². The number of carboxylic acid groups (broad SMARTS) is 1. The Kier molecular flexibility index (Phi) is 30.3. The Hall–Kier alpha value is -7.15. The van der Waals surface area contributed by atoms with Crippen LogP contribution in [0.1, 0.15) is 73.7 Å². The molecule has 0 aliphatic carbocycles. The van der Waals surface area contributed by atoms with Crippen LogP contribution in [0.3, 0.4) is 0 Å². The number of fused-ring (bicyclic) bond motifs is 1. The monoisotopic (exact) mass is 1440 g/mol. The molecule has 0 radical (unpaired) electrons. The molecule has 4 fully saturated rings. The Morgan fingerprint density at radius 1 is 0.777 bits per heavy atom. The van der Waals surface area contributed by atoms with E-state index in [1.165, 1.54) is 24.0 Å². The molecule has 7 amide bonds. The summed E-state index contributed by atoms with van der Waals surface area (Å²) in [5.74, 6) is -4.10. The van der Waals surface area contributed by atoms with Crippen LogP contribution in [0.2, 0.25) is 0 Å². The number of carbonyl (C=O) groups excluding carboxylic acids is 9. The Labute approximate surface area is 563 Å². The van der Waals surface area contributed by atoms with Crippen LogP contribution in [-0.4, -0.2) is 283 Å². The van der Waals surface area contributed by atoms with Crippen molar-refractivity contribution in [2.45, 2.75) is 87.5 Å². The third-order valence-corrected chi connectivity index (χ3v) is 18.8. The standard InChI is InChI=1S/C64H85F2IN12O14S/c1-2-50-36-64(65,66)42-79(50)59(85)37-70-62(89)52-17-19-68-54-16-15-51(34-53(52)54)93-33-6-5-20-72-29-31-77(32-30-72)60(86)39-78-58(84)35-55(63(78)90)94-41-49(9-3-4-18-69-56(82)10-7-8-47-11-13-48(67)14-12-47)71-57(83)38-73-21-22-74(40-61(87)88)24-26-76(44-92-46-81)28-27-75(25-23-73)43-91-45-80/h1,11-17,19,34,45-46,49-50,55H,3-10,18,20-33,35-44H2,(H,69,82)(H,70,89)(H,71,83)(H,87,88)/t49?,50-,55?/m0/s1. The lowest BCUT2D eigenvalue weighted by Crippen LogP contribution is -2.52. The molecular weight excluding hydrogens is 1360 g/mol. The number of rotatable bonds is 34. The Bertz CT molecular complexity index is 3110. The number of benzene rings is 2. The molecule has 3 aromatic rings. The molecule has 2 aromatic carbocycles. The van der Waals surface area contributed by atoms with Crippen molar-refractivity contribution in [2.75, 3.05) is 150 Å². The second-order valence-corrected chi connectivity index (χ2v) is 26.1. The van der Waals surface area contributed by atoms with E-state index in [4.69, 9.17) is 20.6 Å². The minimum absolute atomic E-state index is 0.0107. The maximum absolute atomic E-state index is 14.1. The van der Waals surface area contributed by atoms with Crippen molar-refractivity contribution < 1.29 is 76.0 Å². The number of aromatic nitrogens is 1. The number of terminal acetylenes is 1. The molecule has 0 spiro atoms. The van der Waals surface area contributed by atoms with E-state index in [1.54, 1.807) is 28.0 Å². The predicted molar refractivity (Wildman–Crippen MR) is 352 cm³/mol. The van der Waals surface area contributed by atoms with Crippen LogP contribution in [0, 0.1) is 15.9 Å². The smallest absolute Gasteiger partial charge is 0.317 e. The number of amides is 7. The molecule has 2 unspecified atom stereocenters. The van der Waals surface area contributed by atoms with Crippen molar-refractivity contribution in [3.63, 3.8) is 0 Å². The molecule has 7 rings (SSSR count). The molecular formula is C64H85F2IN12O14S. The number of thioether (sulfide) groups is 1. The van der Waals surface area contributed by atoms with Crippen molar-refractivity contribution in [1.29, 1.82) is 0 Å². The van der Waals surface area contributed by atoms with Gasteiger partial charge in [0, 0.05) is 131 Å². The average Bonchev–Trinajstić information content (AvgIpc) is 1.14. The number of carboxylic acids is 1. The number of unbranched alkanes of at least 4 members (excludes halogenated alkanes) is 2. The first kappa shape index (κ1) is 74.2. The summed E-state index contributed by atoms with van der Waals surface area (Å²) in [6, 6.07) is 13.3. The fourth-order valence-corrected chi connectivity index (χ4v) is 13.1. The lowest BCUT2D eigenvalue weighted by atomic mass is 10.1. The highest BCUT2D eigenvalue weighted by Crippen LogP contribution is 2.32. The average molecular weight is 1440 g/mol. The molecule has 1 aromatic heterocycles. The van der Waals surface area contributed by atoms with E-state index in [-0.39, 0.29) is 68.6 Å². The van der Waals surface area contributed by atoms with E-state index < -0.39 is 72.4 Å². The van der Waals surface area contributed by atoms with Crippen molar-refractivity contribution in [1.82, 2.24) is 60.1 Å². The van der Waals surface area contributed by atoms with Crippen LogP contribution in [0.25, 0.3) is 10.9 Å². The fourth-order valence-electron chi connectivity index (χ4n) is 11.5. The van der Waals surface area contributed by atoms with Crippen LogP contribution < -0.4 is 20.7 Å². The molecule has 512 valence electrons. The summed E-state index contributed by atoms with van der Waals surface area (Å²) in [6.45, 7) is 4.93. The van der Waals surface area contributed by atoms with E-state index in [1.807, 2.05) is 26.8 Å². The van der Waals surface area contributed by atoms with Gasteiger partial charge in [-0.2, -0.15) is 0 Å². The number of alkyl halides is 2. The van der Waals surface area contributed by atoms with Gasteiger partial charge in [0.25, 0.3) is 24.8 Å². The molecule has 94 heavy (non-hydrogen) atoms. The van der Waals surface area contributed by atoms with Gasteiger partial charge in [0.15, 0.2) is 0 Å². The lowest BCUT2D eigenvalue weighted by Gasteiger charge is -2.35. The van der Waals surface area contributed by atoms with Crippen LogP contribution in [0.5, 0.6) is 5.75 Å². The number of halogens is 3. The Morgan fingerprint density at radius 2 is 1.44 bits per heavy atom. The van der Waals surface area contributed by atoms with Crippen molar-refractivity contribution in [3.8, 4) is 18.1 Å². The van der Waals surface area contributed by atoms with Crippen molar-refractivity contribution in [2.24, 2.45) is 0 Å². The number of hydrogen-bond acceptors (Lipinski definition) is 20. The first-order valence-electron chi connectivity index (χ1n) is 31.7. The van der Waals surface area contributed by atoms with Gasteiger partial charge in [-0.3, -0.25) is 82.3 Å². The van der Waals surface area contributed by atoms with Gasteiger partial charge in [-0.05, 0) is 116 Å². The number of pyridine rings is 1. The summed E-state index contributed by atoms with van der Waals surface area (Å²) >= 11 is 3.50. The molecule has 4 N–H and O–H groups in total. The number of aliphatic carboxylic acids is 1. The van der Waals surface area contributed by atoms with Crippen LogP contribution in [0.4, 0.5) is 8.78 Å². The maximum Gasteiger partial charge on any atom is 0.317 e. The summed E-state index contributed by atoms with van der Waals surface area (Å²) in [6.07, 6.45) is 11.1. The number of aryl methyl sites for hydroxylation is 1. The second-order valence-electron chi connectivity index (χ2n) is 23.7. The fraction of sp³-hybridized carbons (Fsp3) is 0.578. The van der Waals surface area contributed by atoms with E-state index in [9.17, 15) is 61.8 Å². The van der Waals surface area contributed by atoms with E-state index in [2.05, 4.69) is 66.5 Å². The largest absolute Gasteiger partial charge is 0.494 e. The highest BCUT2D eigenvalue weighted by molar-refractivity contribution is 14.1. The molecule has 26 nitrogen and oxygen atoms in total. The quantitative estimate of drug-likeness (QED) is 0.0218. The summed E-state index contributed by atoms with van der Waals surface area (Å²) in [5, 5.41) is 18.1. The third kappa shape index (κ3) is 24.6. The van der Waals surface area contributed by atoms with E-state index in [0.29, 0.717) is 160 Å². The van der Waals surface area contributed by atoms with Crippen LogP contribution in [0.15, 0.2) is 54.7 Å². The first-order valence-corrected chi connectivity index (χ1v) is 33.8. The number of imide groups is 1. The molecule has 0 bridgehead atoms. The minimum atomic E-state index is -3.11. The lowest BCUT2D eigenvalue weighted by molar-refractivity contribution is -0.146. The van der Waals surface area contributed by atoms with Gasteiger partial charge in [-0.1, -0.05) is 18.1 Å². The zero-order valence-corrected chi connectivity index (χ0v) is 55.8. The van der Waals surface area contributed by atoms with Gasteiger partial charge in [-0.15, -0.1) is 18.2 Å². The number of ether oxygens (including phenoxy) is 3. The number of likely N-dealkylation sites (tertiary alicyclic amines) is 2. The highest BCUT2D eigenvalue weighted by atomic mass is 127. The van der Waals surface area contributed by atoms with Gasteiger partial charge < -0.3 is 45.1 Å². The molecule has 30 heteroatoms. The van der Waals surface area contributed by atoms with Gasteiger partial charge in [0.2, 0.25) is 35.4 Å². The van der Waals surface area contributed by atoms with Gasteiger partial charge in [0.1, 0.15) is 25.8 Å². The highest BCUT2D eigenvalue weighted by Gasteiger charge is 2.46. The second kappa shape index (κ2) is 38.4. The number of nitrogens with zero attached hydrogens (tertiary/aromatic N) is 9. The minimum Gasteiger partial charge on any atom is -0.494 e. The molecule has 4 saturated heterocycles. The van der Waals surface area contributed by atoms with Crippen LogP contribution in [-0.2, 0) is 59.0 Å². The number of piperazine rings is 1. The first-order chi connectivity index (χ1) is 45.3. The molecule has 4 aliphatic rings. The van der Waals surface area contributed by atoms with Gasteiger partial charge >= 0.3 is 5.97 Å². The van der Waals surface area contributed by atoms with Gasteiger partial charge in [0.05, 0.1) is 55.2 Å². The van der Waals surface area contributed by atoms with Crippen molar-refractivity contribution >= 4 is 106 Å². The van der Waals surface area contributed by atoms with Gasteiger partial charge in [-0.25, -0.2) is 8.78 Å². The maximum atomic E-state index is 14.1. The number of carbonyl (C=O) groups is 10. The normalized spacial score (nSPS) is 19.1. The molecule has 3 atom stereocenters. The molecule has 5 heterocycles. The van der Waals surface area contributed by atoms with Crippen LogP contribution >= 0.6 is 34.4 Å². The molecule has 0 saturated carbocycles. The SMILES string of the molecule is C#C[C@H]1CC(F)(F)CN1C(=O)CNC(=O)c1ccnc2ccc(OCCCCN3CCN(C(=O)CN4C(=O)CC(SCC(CCCCNC(=O)CCCc5ccc(I)cc5)NC(=O)CN5CCN(COC=O)CCN(COC=O)CCN(CC(=O)O)CC5)C4=O)CC3)cc12. The summed E-state index contributed by atoms with van der Waals surface area (Å²) < 4.78 is 45.2. The number of nitrogens with one attached hydrogen (secondary N) is 3. The molecule has 4 aliphatic heterocycles. The summed E-state index contributed by atoms with van der Waals surface area (Å²) in [7, 11) is 0. The third-order valence-electron chi connectivity index (χ3n) is 16.8. The zero-order valence-electron chi connectivity index (χ0n) is 52.8. The summed E-state index contributed by atoms with van der Waals surface area (Å²) in [5.41, 5.74) is 1.89. The Balaban J connectivity index is 0.864. The van der Waals surface area contributed by atoms with Crippen molar-refractivity contribution in [3.05, 3.63) is 69.4 Å². The summed E-state index contributed by atoms with van der Waals surface area (Å²) in [4.78, 5) is 146. The predicted octanol–water partition coefficient (Wildman–Crippen LogP) is 1.96. The van der Waals surface area contributed by atoms with E-state index >= 15 is 0 Å². The Morgan fingerprint density at radius 3 is 2.10 bits per heavy atom. The zero-order chi connectivity index (χ0) is 67.4.